The van der Waals surface area contributed by atoms with Crippen molar-refractivity contribution in [2.45, 2.75) is 90.6 Å². The van der Waals surface area contributed by atoms with Crippen molar-refractivity contribution in [3.05, 3.63) is 34.4 Å². The van der Waals surface area contributed by atoms with E-state index in [9.17, 15) is 14.4 Å². The van der Waals surface area contributed by atoms with Gasteiger partial charge in [0.15, 0.2) is 0 Å². The van der Waals surface area contributed by atoms with Crippen molar-refractivity contribution < 1.29 is 14.4 Å². The molecule has 8 heteroatoms. The fourth-order valence-corrected chi connectivity index (χ4v) is 7.41. The normalized spacial score (nSPS) is 26.2. The molecule has 5 rings (SSSR count). The highest BCUT2D eigenvalue weighted by Gasteiger charge is 2.47. The van der Waals surface area contributed by atoms with Crippen molar-refractivity contribution in [2.24, 2.45) is 16.8 Å². The van der Waals surface area contributed by atoms with Crippen LogP contribution < -0.4 is 5.32 Å². The van der Waals surface area contributed by atoms with Gasteiger partial charge in [-0.15, -0.1) is 0 Å². The summed E-state index contributed by atoms with van der Waals surface area (Å²) in [6.45, 7) is 8.70. The van der Waals surface area contributed by atoms with E-state index in [1.807, 2.05) is 11.9 Å². The number of carbonyl (C=O) groups is 3. The zero-order valence-electron chi connectivity index (χ0n) is 22.5. The average Bonchev–Trinajstić information content (AvgIpc) is 3.36. The molecule has 1 aromatic rings. The molecule has 2 saturated heterocycles. The Kier molecular flexibility index (Phi) is 7.78. The Morgan fingerprint density at radius 3 is 2.24 bits per heavy atom. The van der Waals surface area contributed by atoms with Gasteiger partial charge in [-0.2, -0.15) is 0 Å². The number of hydrogen-bond acceptors (Lipinski definition) is 6. The lowest BCUT2D eigenvalue weighted by molar-refractivity contribution is -0.139. The maximum Gasteiger partial charge on any atom is 0.253 e. The first-order valence-corrected chi connectivity index (χ1v) is 14.9. The van der Waals surface area contributed by atoms with Gasteiger partial charge in [-0.25, -0.2) is 0 Å². The Morgan fingerprint density at radius 2 is 1.62 bits per heavy atom. The summed E-state index contributed by atoms with van der Waals surface area (Å²) in [5, 5.41) is 3.17. The molecule has 0 aromatic heterocycles. The molecule has 3 heterocycles. The van der Waals surface area contributed by atoms with Crippen LogP contribution in [-0.4, -0.2) is 57.1 Å². The Hall–Kier alpha value is -2.19. The molecule has 3 aliphatic heterocycles. The smallest absolute Gasteiger partial charge is 0.253 e. The minimum Gasteiger partial charge on any atom is -0.312 e. The molecule has 1 saturated carbocycles. The van der Waals surface area contributed by atoms with Crippen LogP contribution in [0.15, 0.2) is 17.1 Å². The molecule has 4 aliphatic rings. The number of nitrogens with one attached hydrogen (secondary N) is 1. The fourth-order valence-electron chi connectivity index (χ4n) is 6.42. The number of aliphatic imine (C=N–C) groups is 1. The van der Waals surface area contributed by atoms with Crippen LogP contribution in [0.5, 0.6) is 0 Å². The van der Waals surface area contributed by atoms with Gasteiger partial charge >= 0.3 is 0 Å². The van der Waals surface area contributed by atoms with E-state index < -0.39 is 5.54 Å². The highest BCUT2D eigenvalue weighted by molar-refractivity contribution is 7.97. The van der Waals surface area contributed by atoms with E-state index in [2.05, 4.69) is 42.5 Å². The molecule has 3 fully saturated rings. The van der Waals surface area contributed by atoms with Gasteiger partial charge in [0.2, 0.25) is 11.8 Å². The third kappa shape index (κ3) is 5.65. The molecule has 37 heavy (non-hydrogen) atoms. The molecule has 200 valence electrons. The van der Waals surface area contributed by atoms with Crippen molar-refractivity contribution in [3.63, 3.8) is 0 Å². The minimum atomic E-state index is -0.545. The summed E-state index contributed by atoms with van der Waals surface area (Å²) in [6, 6.07) is 4.25. The van der Waals surface area contributed by atoms with Gasteiger partial charge in [-0.1, -0.05) is 43.8 Å². The van der Waals surface area contributed by atoms with Crippen LogP contribution in [0.4, 0.5) is 0 Å². The molecular weight excluding hydrogens is 484 g/mol. The third-order valence-corrected chi connectivity index (χ3v) is 9.95. The number of nitrogens with zero attached hydrogens (tertiary/aromatic N) is 3. The molecule has 3 amide bonds. The molecule has 1 spiro atoms. The molecule has 1 aromatic carbocycles. The van der Waals surface area contributed by atoms with Crippen molar-refractivity contribution in [2.75, 3.05) is 18.8 Å². The molecule has 7 nitrogen and oxygen atoms in total. The number of amidine groups is 1. The van der Waals surface area contributed by atoms with Gasteiger partial charge in [-0.05, 0) is 74.1 Å². The summed E-state index contributed by atoms with van der Waals surface area (Å²) in [5.41, 5.74) is 4.25. The number of benzene rings is 1. The number of rotatable bonds is 7. The van der Waals surface area contributed by atoms with E-state index in [1.165, 1.54) is 34.4 Å². The van der Waals surface area contributed by atoms with Gasteiger partial charge < -0.3 is 5.32 Å². The number of imide groups is 1. The highest BCUT2D eigenvalue weighted by atomic mass is 32.2. The Morgan fingerprint density at radius 1 is 1.00 bits per heavy atom. The van der Waals surface area contributed by atoms with E-state index in [4.69, 9.17) is 4.99 Å². The average molecular weight is 525 g/mol. The van der Waals surface area contributed by atoms with Crippen LogP contribution in [0.1, 0.15) is 80.5 Å². The topological polar surface area (TPSA) is 82.1 Å². The summed E-state index contributed by atoms with van der Waals surface area (Å²) in [5.74, 6) is 3.16. The zero-order valence-corrected chi connectivity index (χ0v) is 23.3. The SMILES string of the molecule is Cc1cc(CN2C(=O)CCC2=O)cc(C)c1CCSN1CCC2(CC1)N=C(C1CCC(C)CC1)NC2=O. The number of aryl methyl sites for hydroxylation is 2. The predicted molar refractivity (Wildman–Crippen MR) is 147 cm³/mol. The predicted octanol–water partition coefficient (Wildman–Crippen LogP) is 4.33. The largest absolute Gasteiger partial charge is 0.312 e. The standard InChI is InChI=1S/C29H40N4O3S/c1-19-4-6-23(7-5-19)27-30-28(36)29(31-27)11-13-32(14-12-29)37-15-10-24-20(2)16-22(17-21(24)3)18-33-25(34)8-9-26(33)35/h16-17,19,23H,4-15,18H2,1-3H3,(H,30,31,36). The first-order chi connectivity index (χ1) is 17.7. The fraction of sp³-hybridized carbons (Fsp3) is 0.655. The van der Waals surface area contributed by atoms with Gasteiger partial charge in [0.1, 0.15) is 11.4 Å². The molecule has 0 unspecified atom stereocenters. The van der Waals surface area contributed by atoms with Crippen LogP contribution in [0.25, 0.3) is 0 Å². The van der Waals surface area contributed by atoms with E-state index in [0.717, 1.165) is 68.3 Å². The lowest BCUT2D eigenvalue weighted by atomic mass is 9.82. The second kappa shape index (κ2) is 10.9. The van der Waals surface area contributed by atoms with E-state index in [1.54, 1.807) is 0 Å². The second-order valence-corrected chi connectivity index (χ2v) is 12.7. The second-order valence-electron chi connectivity index (χ2n) is 11.5. The quantitative estimate of drug-likeness (QED) is 0.424. The summed E-state index contributed by atoms with van der Waals surface area (Å²) >= 11 is 1.87. The minimum absolute atomic E-state index is 0.0651. The maximum absolute atomic E-state index is 12.9. The van der Waals surface area contributed by atoms with Crippen LogP contribution in [0, 0.1) is 25.7 Å². The monoisotopic (exact) mass is 524 g/mol. The van der Waals surface area contributed by atoms with Crippen LogP contribution >= 0.6 is 11.9 Å². The first kappa shape index (κ1) is 26.4. The zero-order chi connectivity index (χ0) is 26.2. The van der Waals surface area contributed by atoms with Crippen molar-refractivity contribution in [1.82, 2.24) is 14.5 Å². The van der Waals surface area contributed by atoms with E-state index >= 15 is 0 Å². The van der Waals surface area contributed by atoms with Crippen molar-refractivity contribution in [3.8, 4) is 0 Å². The molecule has 1 N–H and O–H groups in total. The number of carbonyl (C=O) groups excluding carboxylic acids is 3. The summed E-state index contributed by atoms with van der Waals surface area (Å²) < 4.78 is 2.40. The maximum atomic E-state index is 12.9. The summed E-state index contributed by atoms with van der Waals surface area (Å²) in [7, 11) is 0. The van der Waals surface area contributed by atoms with Gasteiger partial charge in [0.25, 0.3) is 5.91 Å². The highest BCUT2D eigenvalue weighted by Crippen LogP contribution is 2.36. The number of likely N-dealkylation sites (tertiary alicyclic amines) is 1. The molecule has 0 radical (unpaired) electrons. The van der Waals surface area contributed by atoms with Gasteiger partial charge in [0.05, 0.1) is 6.54 Å². The molecule has 0 bridgehead atoms. The first-order valence-electron chi connectivity index (χ1n) is 14.0. The Bertz CT molecular complexity index is 1060. The van der Waals surface area contributed by atoms with Crippen LogP contribution in [-0.2, 0) is 27.3 Å². The van der Waals surface area contributed by atoms with E-state index in [0.29, 0.717) is 25.3 Å². The summed E-state index contributed by atoms with van der Waals surface area (Å²) in [4.78, 5) is 43.3. The Labute approximate surface area is 225 Å². The third-order valence-electron chi connectivity index (χ3n) is 8.83. The van der Waals surface area contributed by atoms with Gasteiger partial charge in [-0.3, -0.25) is 28.6 Å². The molecule has 0 atom stereocenters. The molecular formula is C29H40N4O3S. The Balaban J connectivity index is 1.11. The van der Waals surface area contributed by atoms with Crippen molar-refractivity contribution in [1.29, 1.82) is 0 Å². The van der Waals surface area contributed by atoms with Crippen molar-refractivity contribution >= 4 is 35.5 Å². The number of amides is 3. The lowest BCUT2D eigenvalue weighted by Gasteiger charge is -2.34. The molecule has 1 aliphatic carbocycles. The number of piperidine rings is 1. The van der Waals surface area contributed by atoms with E-state index in [-0.39, 0.29) is 17.7 Å². The van der Waals surface area contributed by atoms with Gasteiger partial charge in [0, 0.05) is 37.6 Å². The van der Waals surface area contributed by atoms with Crippen LogP contribution in [0.2, 0.25) is 0 Å². The van der Waals surface area contributed by atoms with Crippen LogP contribution in [0.3, 0.4) is 0 Å². The number of hydrogen-bond donors (Lipinski definition) is 1. The lowest BCUT2D eigenvalue weighted by Crippen LogP contribution is -2.47. The summed E-state index contributed by atoms with van der Waals surface area (Å²) in [6.07, 6.45) is 7.97.